The summed E-state index contributed by atoms with van der Waals surface area (Å²) in [6.45, 7) is 0.802. The van der Waals surface area contributed by atoms with Crippen molar-refractivity contribution in [1.29, 1.82) is 0 Å². The monoisotopic (exact) mass is 252 g/mol. The molecule has 0 unspecified atom stereocenters. The summed E-state index contributed by atoms with van der Waals surface area (Å²) in [5.74, 6) is -1.30. The highest BCUT2D eigenvalue weighted by Crippen LogP contribution is 2.06. The number of H-pyrrole nitrogens is 1. The summed E-state index contributed by atoms with van der Waals surface area (Å²) >= 11 is 0. The molecular weight excluding hydrogens is 236 g/mol. The van der Waals surface area contributed by atoms with E-state index >= 15 is 0 Å². The van der Waals surface area contributed by atoms with Gasteiger partial charge in [-0.25, -0.2) is 9.78 Å². The van der Waals surface area contributed by atoms with Crippen LogP contribution in [0.2, 0.25) is 0 Å². The Hall–Kier alpha value is -1.89. The van der Waals surface area contributed by atoms with Crippen LogP contribution in [0.3, 0.4) is 0 Å². The van der Waals surface area contributed by atoms with Gasteiger partial charge in [-0.1, -0.05) is 0 Å². The Morgan fingerprint density at radius 2 is 2.44 bits per heavy atom. The van der Waals surface area contributed by atoms with E-state index in [9.17, 15) is 9.59 Å². The molecule has 2 heterocycles. The molecule has 7 heteroatoms. The summed E-state index contributed by atoms with van der Waals surface area (Å²) in [4.78, 5) is 29.6. The Morgan fingerprint density at radius 1 is 1.61 bits per heavy atom. The number of hydrogen-bond donors (Lipinski definition) is 4. The van der Waals surface area contributed by atoms with Gasteiger partial charge in [-0.2, -0.15) is 0 Å². The molecule has 1 amide bonds. The van der Waals surface area contributed by atoms with Crippen molar-refractivity contribution in [3.63, 3.8) is 0 Å². The Balaban J connectivity index is 1.93. The van der Waals surface area contributed by atoms with E-state index in [1.165, 1.54) is 6.33 Å². The number of imidazole rings is 1. The molecule has 0 aliphatic carbocycles. The first-order valence-corrected chi connectivity index (χ1v) is 5.90. The molecule has 1 aromatic rings. The first kappa shape index (κ1) is 12.6. The molecule has 18 heavy (non-hydrogen) atoms. The van der Waals surface area contributed by atoms with E-state index in [-0.39, 0.29) is 18.4 Å². The first-order valence-electron chi connectivity index (χ1n) is 5.90. The lowest BCUT2D eigenvalue weighted by molar-refractivity contribution is -0.142. The second-order valence-electron chi connectivity index (χ2n) is 4.33. The van der Waals surface area contributed by atoms with E-state index in [0.717, 1.165) is 19.4 Å². The van der Waals surface area contributed by atoms with Gasteiger partial charge in [0.25, 0.3) is 0 Å². The fourth-order valence-corrected chi connectivity index (χ4v) is 2.00. The average Bonchev–Trinajstić information content (AvgIpc) is 3.00. The standard InChI is InChI=1S/C11H16N4O3/c16-10(8-2-1-3-13-8)15-9(11(17)18)4-7-5-12-6-14-7/h5-6,8-9,13H,1-4H2,(H,12,14)(H,15,16)(H,17,18)/t8-,9-/m0/s1. The minimum absolute atomic E-state index is 0.202. The smallest absolute Gasteiger partial charge is 0.326 e. The summed E-state index contributed by atoms with van der Waals surface area (Å²) in [5, 5.41) is 14.7. The molecule has 1 fully saturated rings. The second-order valence-corrected chi connectivity index (χ2v) is 4.33. The largest absolute Gasteiger partial charge is 0.480 e. The molecular formula is C11H16N4O3. The topological polar surface area (TPSA) is 107 Å². The number of nitrogens with zero attached hydrogens (tertiary/aromatic N) is 1. The number of aromatic nitrogens is 2. The van der Waals surface area contributed by atoms with Gasteiger partial charge in [-0.15, -0.1) is 0 Å². The van der Waals surface area contributed by atoms with Crippen LogP contribution in [-0.4, -0.2) is 45.6 Å². The molecule has 0 bridgehead atoms. The van der Waals surface area contributed by atoms with Crippen LogP contribution in [0.15, 0.2) is 12.5 Å². The van der Waals surface area contributed by atoms with Crippen molar-refractivity contribution in [3.8, 4) is 0 Å². The highest BCUT2D eigenvalue weighted by molar-refractivity contribution is 5.87. The van der Waals surface area contributed by atoms with E-state index < -0.39 is 12.0 Å². The van der Waals surface area contributed by atoms with E-state index in [0.29, 0.717) is 5.69 Å². The quantitative estimate of drug-likeness (QED) is 0.553. The lowest BCUT2D eigenvalue weighted by atomic mass is 10.1. The number of carboxylic acid groups (broad SMARTS) is 1. The van der Waals surface area contributed by atoms with E-state index in [1.807, 2.05) is 0 Å². The predicted molar refractivity (Wildman–Crippen MR) is 62.9 cm³/mol. The zero-order chi connectivity index (χ0) is 13.0. The number of aliphatic carboxylic acids is 1. The summed E-state index contributed by atoms with van der Waals surface area (Å²) in [6.07, 6.45) is 4.93. The third-order valence-corrected chi connectivity index (χ3v) is 2.97. The number of amides is 1. The van der Waals surface area contributed by atoms with Crippen molar-refractivity contribution in [2.45, 2.75) is 31.3 Å². The fourth-order valence-electron chi connectivity index (χ4n) is 2.00. The van der Waals surface area contributed by atoms with Crippen molar-refractivity contribution < 1.29 is 14.7 Å². The number of carbonyl (C=O) groups excluding carboxylic acids is 1. The van der Waals surface area contributed by atoms with E-state index in [4.69, 9.17) is 5.11 Å². The number of rotatable bonds is 5. The van der Waals surface area contributed by atoms with Gasteiger partial charge in [-0.3, -0.25) is 4.79 Å². The summed E-state index contributed by atoms with van der Waals surface area (Å²) in [7, 11) is 0. The number of carboxylic acids is 1. The molecule has 0 aromatic carbocycles. The molecule has 2 atom stereocenters. The number of nitrogens with one attached hydrogen (secondary N) is 3. The van der Waals surface area contributed by atoms with Crippen molar-refractivity contribution in [2.75, 3.05) is 6.54 Å². The molecule has 4 N–H and O–H groups in total. The van der Waals surface area contributed by atoms with Crippen molar-refractivity contribution in [3.05, 3.63) is 18.2 Å². The maximum absolute atomic E-state index is 11.8. The fraction of sp³-hybridized carbons (Fsp3) is 0.545. The average molecular weight is 252 g/mol. The molecule has 1 aromatic heterocycles. The van der Waals surface area contributed by atoms with Crippen molar-refractivity contribution >= 4 is 11.9 Å². The summed E-state index contributed by atoms with van der Waals surface area (Å²) in [6, 6.07) is -1.20. The minimum Gasteiger partial charge on any atom is -0.480 e. The van der Waals surface area contributed by atoms with Crippen LogP contribution in [0, 0.1) is 0 Å². The lowest BCUT2D eigenvalue weighted by Crippen LogP contribution is -2.49. The molecule has 0 spiro atoms. The lowest BCUT2D eigenvalue weighted by Gasteiger charge is -2.16. The molecule has 1 aliphatic rings. The van der Waals surface area contributed by atoms with Gasteiger partial charge in [0.1, 0.15) is 6.04 Å². The first-order chi connectivity index (χ1) is 8.66. The normalized spacial score (nSPS) is 20.6. The predicted octanol–water partition coefficient (Wildman–Crippen LogP) is -0.726. The van der Waals surface area contributed by atoms with Crippen LogP contribution < -0.4 is 10.6 Å². The van der Waals surface area contributed by atoms with Crippen LogP contribution in [-0.2, 0) is 16.0 Å². The Kier molecular flexibility index (Phi) is 3.93. The van der Waals surface area contributed by atoms with E-state index in [2.05, 4.69) is 20.6 Å². The van der Waals surface area contributed by atoms with Crippen LogP contribution in [0.4, 0.5) is 0 Å². The maximum atomic E-state index is 11.8. The highest BCUT2D eigenvalue weighted by atomic mass is 16.4. The van der Waals surface area contributed by atoms with Crippen LogP contribution in [0.25, 0.3) is 0 Å². The zero-order valence-corrected chi connectivity index (χ0v) is 9.85. The van der Waals surface area contributed by atoms with Gasteiger partial charge in [0.15, 0.2) is 0 Å². The maximum Gasteiger partial charge on any atom is 0.326 e. The minimum atomic E-state index is -1.05. The molecule has 1 aliphatic heterocycles. The van der Waals surface area contributed by atoms with Crippen molar-refractivity contribution in [1.82, 2.24) is 20.6 Å². The number of aromatic amines is 1. The highest BCUT2D eigenvalue weighted by Gasteiger charge is 2.27. The van der Waals surface area contributed by atoms with Gasteiger partial charge in [0.05, 0.1) is 12.4 Å². The van der Waals surface area contributed by atoms with E-state index in [1.54, 1.807) is 6.20 Å². The van der Waals surface area contributed by atoms with Crippen LogP contribution >= 0.6 is 0 Å². The summed E-state index contributed by atoms with van der Waals surface area (Å²) < 4.78 is 0. The van der Waals surface area contributed by atoms with Gasteiger partial charge in [-0.05, 0) is 19.4 Å². The third-order valence-electron chi connectivity index (χ3n) is 2.97. The number of hydrogen-bond acceptors (Lipinski definition) is 4. The molecule has 2 rings (SSSR count). The molecule has 0 radical (unpaired) electrons. The molecule has 7 nitrogen and oxygen atoms in total. The molecule has 1 saturated heterocycles. The summed E-state index contributed by atoms with van der Waals surface area (Å²) in [5.41, 5.74) is 0.682. The van der Waals surface area contributed by atoms with Crippen molar-refractivity contribution in [2.24, 2.45) is 0 Å². The Morgan fingerprint density at radius 3 is 3.00 bits per heavy atom. The van der Waals surface area contributed by atoms with Crippen LogP contribution in [0.1, 0.15) is 18.5 Å². The van der Waals surface area contributed by atoms with Gasteiger partial charge >= 0.3 is 5.97 Å². The van der Waals surface area contributed by atoms with Crippen LogP contribution in [0.5, 0.6) is 0 Å². The van der Waals surface area contributed by atoms with Gasteiger partial charge in [0.2, 0.25) is 5.91 Å². The molecule has 0 saturated carbocycles. The second kappa shape index (κ2) is 5.63. The van der Waals surface area contributed by atoms with Gasteiger partial charge in [0, 0.05) is 18.3 Å². The Labute approximate surface area is 104 Å². The third kappa shape index (κ3) is 3.07. The SMILES string of the molecule is O=C(O)[C@H](Cc1cnc[nH]1)NC(=O)[C@@H]1CCCN1. The molecule has 98 valence electrons. The van der Waals surface area contributed by atoms with Gasteiger partial charge < -0.3 is 20.7 Å². The number of carbonyl (C=O) groups is 2. The zero-order valence-electron chi connectivity index (χ0n) is 9.85. The Bertz CT molecular complexity index is 412.